The molecule has 0 amide bonds. The number of aliphatic imine (C=N–C) groups is 1. The Hall–Kier alpha value is -3.00. The van der Waals surface area contributed by atoms with Crippen molar-refractivity contribution in [2.45, 2.75) is 6.92 Å². The van der Waals surface area contributed by atoms with Crippen molar-refractivity contribution in [1.29, 1.82) is 5.41 Å². The minimum atomic E-state index is -0.102. The van der Waals surface area contributed by atoms with E-state index in [0.29, 0.717) is 5.71 Å². The van der Waals surface area contributed by atoms with E-state index in [0.717, 1.165) is 22.5 Å². The fourth-order valence-corrected chi connectivity index (χ4v) is 2.67. The Morgan fingerprint density at radius 3 is 1.71 bits per heavy atom. The Balaban J connectivity index is 2.02. The number of hydrogen-bond donors (Lipinski definition) is 1. The van der Waals surface area contributed by atoms with E-state index >= 15 is 0 Å². The highest BCUT2D eigenvalue weighted by Crippen LogP contribution is 2.20. The van der Waals surface area contributed by atoms with Crippen LogP contribution >= 0.6 is 0 Å². The molecule has 3 aromatic rings. The van der Waals surface area contributed by atoms with Crippen molar-refractivity contribution >= 4 is 17.1 Å². The van der Waals surface area contributed by atoms with Crippen molar-refractivity contribution in [3.05, 3.63) is 102 Å². The van der Waals surface area contributed by atoms with E-state index in [9.17, 15) is 0 Å². The van der Waals surface area contributed by atoms with E-state index in [-0.39, 0.29) is 5.92 Å². The van der Waals surface area contributed by atoms with E-state index in [2.05, 4.69) is 12.1 Å². The van der Waals surface area contributed by atoms with Gasteiger partial charge >= 0.3 is 0 Å². The molecular weight excluding hydrogens is 292 g/mol. The summed E-state index contributed by atoms with van der Waals surface area (Å²) in [6.07, 6.45) is 0. The van der Waals surface area contributed by atoms with Gasteiger partial charge in [-0.15, -0.1) is 0 Å². The maximum atomic E-state index is 8.60. The maximum absolute atomic E-state index is 8.60. The van der Waals surface area contributed by atoms with Gasteiger partial charge in [-0.25, -0.2) is 0 Å². The third-order valence-electron chi connectivity index (χ3n) is 4.00. The van der Waals surface area contributed by atoms with Crippen molar-refractivity contribution < 1.29 is 0 Å². The minimum Gasteiger partial charge on any atom is -0.304 e. The van der Waals surface area contributed by atoms with Crippen LogP contribution in [0.3, 0.4) is 0 Å². The zero-order chi connectivity index (χ0) is 16.8. The Bertz CT molecular complexity index is 822. The second-order valence-electron chi connectivity index (χ2n) is 5.70. The molecule has 2 nitrogen and oxygen atoms in total. The quantitative estimate of drug-likeness (QED) is 0.603. The Kier molecular flexibility index (Phi) is 4.97. The van der Waals surface area contributed by atoms with Crippen LogP contribution in [0.2, 0.25) is 0 Å². The smallest absolute Gasteiger partial charge is 0.0633 e. The zero-order valence-electron chi connectivity index (χ0n) is 13.7. The third-order valence-corrected chi connectivity index (χ3v) is 4.00. The van der Waals surface area contributed by atoms with Gasteiger partial charge in [-0.2, -0.15) is 0 Å². The zero-order valence-corrected chi connectivity index (χ0v) is 13.7. The molecule has 0 aliphatic carbocycles. The normalized spacial score (nSPS) is 12.6. The lowest BCUT2D eigenvalue weighted by Gasteiger charge is -2.17. The Morgan fingerprint density at radius 2 is 1.17 bits per heavy atom. The number of para-hydroxylation sites is 1. The van der Waals surface area contributed by atoms with E-state index in [4.69, 9.17) is 10.4 Å². The van der Waals surface area contributed by atoms with Gasteiger partial charge in [0.1, 0.15) is 0 Å². The fourth-order valence-electron chi connectivity index (χ4n) is 2.67. The highest BCUT2D eigenvalue weighted by molar-refractivity contribution is 6.19. The van der Waals surface area contributed by atoms with Crippen molar-refractivity contribution in [1.82, 2.24) is 0 Å². The van der Waals surface area contributed by atoms with Gasteiger partial charge in [-0.1, -0.05) is 85.8 Å². The first-order valence-corrected chi connectivity index (χ1v) is 8.08. The molecule has 0 spiro atoms. The van der Waals surface area contributed by atoms with Crippen molar-refractivity contribution in [2.24, 2.45) is 10.9 Å². The monoisotopic (exact) mass is 312 g/mol. The third kappa shape index (κ3) is 3.66. The van der Waals surface area contributed by atoms with Crippen molar-refractivity contribution in [3.63, 3.8) is 0 Å². The van der Waals surface area contributed by atoms with Crippen LogP contribution in [0.15, 0.2) is 96.0 Å². The molecule has 0 fully saturated rings. The number of rotatable bonds is 5. The lowest BCUT2D eigenvalue weighted by molar-refractivity contribution is 1.04. The molecular formula is C22H20N2. The van der Waals surface area contributed by atoms with E-state index < -0.39 is 0 Å². The highest BCUT2D eigenvalue weighted by atomic mass is 14.8. The first kappa shape index (κ1) is 15.9. The van der Waals surface area contributed by atoms with Crippen LogP contribution in [0, 0.1) is 11.3 Å². The van der Waals surface area contributed by atoms with Crippen LogP contribution in [0.5, 0.6) is 0 Å². The SMILES string of the molecule is CC(C(=N)c1ccccc1)C(=Nc1ccccc1)c1ccccc1. The standard InChI is InChI=1S/C22H20N2/c1-17(21(23)18-11-5-2-6-12-18)22(19-13-7-3-8-14-19)24-20-15-9-4-10-16-20/h2-17,23H,1H3. The van der Waals surface area contributed by atoms with E-state index in [1.54, 1.807) is 0 Å². The molecule has 118 valence electrons. The predicted octanol–water partition coefficient (Wildman–Crippen LogP) is 5.51. The van der Waals surface area contributed by atoms with Crippen molar-refractivity contribution in [2.75, 3.05) is 0 Å². The summed E-state index contributed by atoms with van der Waals surface area (Å²) in [6, 6.07) is 29.9. The molecule has 0 heterocycles. The lowest BCUT2D eigenvalue weighted by atomic mass is 9.90. The van der Waals surface area contributed by atoms with Gasteiger partial charge in [0.05, 0.1) is 11.4 Å². The Morgan fingerprint density at radius 1 is 0.708 bits per heavy atom. The topological polar surface area (TPSA) is 36.2 Å². The molecule has 3 rings (SSSR count). The molecule has 1 unspecified atom stereocenters. The van der Waals surface area contributed by atoms with Crippen LogP contribution < -0.4 is 0 Å². The minimum absolute atomic E-state index is 0.102. The van der Waals surface area contributed by atoms with Gasteiger partial charge in [-0.3, -0.25) is 4.99 Å². The van der Waals surface area contributed by atoms with Crippen molar-refractivity contribution in [3.8, 4) is 0 Å². The molecule has 1 atom stereocenters. The van der Waals surface area contributed by atoms with Gasteiger partial charge in [0.15, 0.2) is 0 Å². The van der Waals surface area contributed by atoms with Gasteiger partial charge in [0, 0.05) is 11.6 Å². The highest BCUT2D eigenvalue weighted by Gasteiger charge is 2.19. The lowest BCUT2D eigenvalue weighted by Crippen LogP contribution is -2.22. The van der Waals surface area contributed by atoms with E-state index in [1.165, 1.54) is 0 Å². The molecule has 24 heavy (non-hydrogen) atoms. The predicted molar refractivity (Wildman–Crippen MR) is 102 cm³/mol. The summed E-state index contributed by atoms with van der Waals surface area (Å²) in [5, 5.41) is 8.60. The molecule has 0 radical (unpaired) electrons. The fraction of sp³-hybridized carbons (Fsp3) is 0.0909. The van der Waals surface area contributed by atoms with Gasteiger partial charge in [0.25, 0.3) is 0 Å². The molecule has 2 heteroatoms. The maximum Gasteiger partial charge on any atom is 0.0633 e. The molecule has 1 N–H and O–H groups in total. The first-order chi connectivity index (χ1) is 11.8. The number of nitrogens with one attached hydrogen (secondary N) is 1. The van der Waals surface area contributed by atoms with Crippen LogP contribution in [-0.2, 0) is 0 Å². The second kappa shape index (κ2) is 7.51. The summed E-state index contributed by atoms with van der Waals surface area (Å²) in [5.74, 6) is -0.102. The van der Waals surface area contributed by atoms with Crippen LogP contribution in [0.1, 0.15) is 18.1 Å². The van der Waals surface area contributed by atoms with Gasteiger partial charge < -0.3 is 5.41 Å². The Labute approximate surface area is 143 Å². The van der Waals surface area contributed by atoms with Crippen LogP contribution in [0.4, 0.5) is 5.69 Å². The molecule has 0 aliphatic rings. The summed E-state index contributed by atoms with van der Waals surface area (Å²) in [4.78, 5) is 4.85. The average Bonchev–Trinajstić information content (AvgIpc) is 2.67. The van der Waals surface area contributed by atoms with Gasteiger partial charge in [0.2, 0.25) is 0 Å². The van der Waals surface area contributed by atoms with E-state index in [1.807, 2.05) is 85.8 Å². The summed E-state index contributed by atoms with van der Waals surface area (Å²) < 4.78 is 0. The molecule has 0 bridgehead atoms. The molecule has 0 saturated carbocycles. The first-order valence-electron chi connectivity index (χ1n) is 8.08. The molecule has 0 saturated heterocycles. The number of hydrogen-bond acceptors (Lipinski definition) is 2. The molecule has 0 aromatic heterocycles. The number of nitrogens with zero attached hydrogens (tertiary/aromatic N) is 1. The number of benzene rings is 3. The summed E-state index contributed by atoms with van der Waals surface area (Å²) >= 11 is 0. The summed E-state index contributed by atoms with van der Waals surface area (Å²) in [5.41, 5.74) is 4.38. The van der Waals surface area contributed by atoms with Crippen LogP contribution in [0.25, 0.3) is 0 Å². The summed E-state index contributed by atoms with van der Waals surface area (Å²) in [6.45, 7) is 2.05. The summed E-state index contributed by atoms with van der Waals surface area (Å²) in [7, 11) is 0. The van der Waals surface area contributed by atoms with Gasteiger partial charge in [-0.05, 0) is 23.3 Å². The van der Waals surface area contributed by atoms with Crippen LogP contribution in [-0.4, -0.2) is 11.4 Å². The molecule has 0 aliphatic heterocycles. The average molecular weight is 312 g/mol. The second-order valence-corrected chi connectivity index (χ2v) is 5.70. The largest absolute Gasteiger partial charge is 0.304 e. The molecule has 3 aromatic carbocycles.